The molecule has 0 radical (unpaired) electrons. The van der Waals surface area contributed by atoms with Crippen molar-refractivity contribution < 1.29 is 4.79 Å². The van der Waals surface area contributed by atoms with Crippen molar-refractivity contribution in [3.63, 3.8) is 0 Å². The van der Waals surface area contributed by atoms with Gasteiger partial charge in [-0.05, 0) is 23.3 Å². The van der Waals surface area contributed by atoms with Crippen LogP contribution in [0.5, 0.6) is 0 Å². The first-order chi connectivity index (χ1) is 10.1. The Bertz CT molecular complexity index is 756. The van der Waals surface area contributed by atoms with Crippen LogP contribution in [0.2, 0.25) is 10.0 Å². The minimum Gasteiger partial charge on any atom is -0.323 e. The summed E-state index contributed by atoms with van der Waals surface area (Å²) in [6.45, 7) is 0. The van der Waals surface area contributed by atoms with Crippen molar-refractivity contribution in [2.45, 2.75) is 12.3 Å². The van der Waals surface area contributed by atoms with Crippen molar-refractivity contribution in [1.82, 2.24) is 0 Å². The highest BCUT2D eigenvalue weighted by molar-refractivity contribution is 6.42. The van der Waals surface area contributed by atoms with E-state index >= 15 is 0 Å². The summed E-state index contributed by atoms with van der Waals surface area (Å²) in [5, 5.41) is 4.66. The molecule has 1 unspecified atom stereocenters. The highest BCUT2D eigenvalue weighted by atomic mass is 35.5. The molecule has 0 aliphatic heterocycles. The summed E-state index contributed by atoms with van der Waals surface area (Å²) in [5.41, 5.74) is 3.26. The standard InChI is InChI=1S/C16H12Cl2N2O/c17-12-6-5-9(7-13(12)18)16-11-4-2-1-3-10(11)14(20-19)8-15(16)21/h1-7,16H,8,19H2. The van der Waals surface area contributed by atoms with Crippen molar-refractivity contribution in [2.75, 3.05) is 0 Å². The third-order valence-electron chi connectivity index (χ3n) is 3.68. The first-order valence-corrected chi connectivity index (χ1v) is 7.21. The molecule has 0 amide bonds. The van der Waals surface area contributed by atoms with E-state index in [0.29, 0.717) is 15.8 Å². The molecule has 0 saturated heterocycles. The van der Waals surface area contributed by atoms with E-state index in [2.05, 4.69) is 5.10 Å². The second kappa shape index (κ2) is 5.51. The number of nitrogens with two attached hydrogens (primary N) is 1. The number of benzene rings is 2. The van der Waals surface area contributed by atoms with Gasteiger partial charge in [0.05, 0.1) is 28.1 Å². The summed E-state index contributed by atoms with van der Waals surface area (Å²) in [5.74, 6) is 5.10. The van der Waals surface area contributed by atoms with Gasteiger partial charge in [0.15, 0.2) is 5.78 Å². The van der Waals surface area contributed by atoms with E-state index in [1.807, 2.05) is 30.3 Å². The van der Waals surface area contributed by atoms with Crippen LogP contribution < -0.4 is 5.84 Å². The molecule has 2 N–H and O–H groups in total. The van der Waals surface area contributed by atoms with E-state index in [0.717, 1.165) is 16.7 Å². The Morgan fingerprint density at radius 3 is 2.57 bits per heavy atom. The number of fused-ring (bicyclic) bond motifs is 1. The molecule has 1 atom stereocenters. The van der Waals surface area contributed by atoms with E-state index in [-0.39, 0.29) is 18.1 Å². The molecule has 3 rings (SSSR count). The quantitative estimate of drug-likeness (QED) is 0.643. The number of hydrogen-bond acceptors (Lipinski definition) is 3. The Kier molecular flexibility index (Phi) is 3.70. The summed E-state index contributed by atoms with van der Waals surface area (Å²) in [6.07, 6.45) is 0.221. The first-order valence-electron chi connectivity index (χ1n) is 6.45. The van der Waals surface area contributed by atoms with Crippen molar-refractivity contribution in [3.8, 4) is 0 Å². The van der Waals surface area contributed by atoms with E-state index in [4.69, 9.17) is 29.0 Å². The van der Waals surface area contributed by atoms with Crippen LogP contribution in [0.4, 0.5) is 0 Å². The number of carbonyl (C=O) groups excluding carboxylic acids is 1. The average molecular weight is 319 g/mol. The molecule has 0 heterocycles. The summed E-state index contributed by atoms with van der Waals surface area (Å²) < 4.78 is 0. The first kappa shape index (κ1) is 14.1. The van der Waals surface area contributed by atoms with E-state index in [1.165, 1.54) is 0 Å². The van der Waals surface area contributed by atoms with Gasteiger partial charge in [-0.25, -0.2) is 0 Å². The molecule has 2 aromatic carbocycles. The molecule has 0 saturated carbocycles. The predicted molar refractivity (Wildman–Crippen MR) is 85.1 cm³/mol. The van der Waals surface area contributed by atoms with Gasteiger partial charge in [-0.3, -0.25) is 4.79 Å². The number of rotatable bonds is 1. The molecule has 2 aromatic rings. The average Bonchev–Trinajstić information content (AvgIpc) is 2.49. The number of hydrogen-bond donors (Lipinski definition) is 1. The van der Waals surface area contributed by atoms with Gasteiger partial charge < -0.3 is 5.84 Å². The zero-order chi connectivity index (χ0) is 15.0. The molecule has 3 nitrogen and oxygen atoms in total. The minimum absolute atomic E-state index is 0.0521. The molecule has 1 aliphatic rings. The summed E-state index contributed by atoms with van der Waals surface area (Å²) in [7, 11) is 0. The zero-order valence-electron chi connectivity index (χ0n) is 11.0. The molecular formula is C16H12Cl2N2O. The third kappa shape index (κ3) is 2.43. The Hall–Kier alpha value is -1.84. The van der Waals surface area contributed by atoms with Gasteiger partial charge in [0.1, 0.15) is 0 Å². The van der Waals surface area contributed by atoms with E-state index in [9.17, 15) is 4.79 Å². The van der Waals surface area contributed by atoms with Gasteiger partial charge in [0, 0.05) is 5.56 Å². The second-order valence-electron chi connectivity index (χ2n) is 4.91. The van der Waals surface area contributed by atoms with Crippen LogP contribution >= 0.6 is 23.2 Å². The number of carbonyl (C=O) groups is 1. The van der Waals surface area contributed by atoms with Crippen LogP contribution in [0.25, 0.3) is 0 Å². The topological polar surface area (TPSA) is 55.4 Å². The fourth-order valence-electron chi connectivity index (χ4n) is 2.72. The predicted octanol–water partition coefficient (Wildman–Crippen LogP) is 3.76. The van der Waals surface area contributed by atoms with Gasteiger partial charge in [-0.1, -0.05) is 53.5 Å². The Morgan fingerprint density at radius 2 is 1.86 bits per heavy atom. The fourth-order valence-corrected chi connectivity index (χ4v) is 3.03. The van der Waals surface area contributed by atoms with Crippen LogP contribution in [0.15, 0.2) is 47.6 Å². The number of halogens is 2. The monoisotopic (exact) mass is 318 g/mol. The minimum atomic E-state index is -0.360. The Balaban J connectivity index is 2.18. The highest BCUT2D eigenvalue weighted by Gasteiger charge is 2.32. The van der Waals surface area contributed by atoms with Crippen molar-refractivity contribution >= 4 is 34.7 Å². The van der Waals surface area contributed by atoms with Crippen LogP contribution in [0, 0.1) is 0 Å². The Morgan fingerprint density at radius 1 is 1.10 bits per heavy atom. The fraction of sp³-hybridized carbons (Fsp3) is 0.125. The number of nitrogens with zero attached hydrogens (tertiary/aromatic N) is 1. The van der Waals surface area contributed by atoms with Crippen LogP contribution in [-0.4, -0.2) is 11.5 Å². The second-order valence-corrected chi connectivity index (χ2v) is 5.73. The maximum atomic E-state index is 12.5. The molecule has 0 spiro atoms. The van der Waals surface area contributed by atoms with Crippen LogP contribution in [0.1, 0.15) is 29.0 Å². The van der Waals surface area contributed by atoms with E-state index in [1.54, 1.807) is 12.1 Å². The summed E-state index contributed by atoms with van der Waals surface area (Å²) in [6, 6.07) is 12.9. The number of hydrazone groups is 1. The molecule has 0 bridgehead atoms. The lowest BCUT2D eigenvalue weighted by Crippen LogP contribution is -2.27. The van der Waals surface area contributed by atoms with Crippen molar-refractivity contribution in [2.24, 2.45) is 10.9 Å². The summed E-state index contributed by atoms with van der Waals surface area (Å²) in [4.78, 5) is 12.5. The van der Waals surface area contributed by atoms with Crippen LogP contribution in [-0.2, 0) is 4.79 Å². The lowest BCUT2D eigenvalue weighted by Gasteiger charge is -2.25. The van der Waals surface area contributed by atoms with Gasteiger partial charge in [-0.2, -0.15) is 5.10 Å². The molecule has 5 heteroatoms. The van der Waals surface area contributed by atoms with Crippen molar-refractivity contribution in [1.29, 1.82) is 0 Å². The number of ketones is 1. The smallest absolute Gasteiger partial charge is 0.150 e. The van der Waals surface area contributed by atoms with E-state index < -0.39 is 0 Å². The zero-order valence-corrected chi connectivity index (χ0v) is 12.5. The molecular weight excluding hydrogens is 307 g/mol. The largest absolute Gasteiger partial charge is 0.323 e. The SMILES string of the molecule is NN=C1CC(=O)C(c2ccc(Cl)c(Cl)c2)c2ccccc21. The lowest BCUT2D eigenvalue weighted by molar-refractivity contribution is -0.118. The van der Waals surface area contributed by atoms with Crippen LogP contribution in [0.3, 0.4) is 0 Å². The maximum Gasteiger partial charge on any atom is 0.150 e. The maximum absolute atomic E-state index is 12.5. The molecule has 0 fully saturated rings. The molecule has 21 heavy (non-hydrogen) atoms. The molecule has 0 aromatic heterocycles. The molecule has 1 aliphatic carbocycles. The summed E-state index contributed by atoms with van der Waals surface area (Å²) >= 11 is 12.0. The van der Waals surface area contributed by atoms with Gasteiger partial charge in [-0.15, -0.1) is 0 Å². The number of Topliss-reactive ketones (excluding diaryl/α,β-unsaturated/α-hetero) is 1. The lowest BCUT2D eigenvalue weighted by atomic mass is 9.77. The highest BCUT2D eigenvalue weighted by Crippen LogP contribution is 2.36. The van der Waals surface area contributed by atoms with Gasteiger partial charge in [0.25, 0.3) is 0 Å². The normalized spacial score (nSPS) is 19.6. The molecule has 106 valence electrons. The third-order valence-corrected chi connectivity index (χ3v) is 4.42. The Labute approximate surface area is 132 Å². The van der Waals surface area contributed by atoms with Crippen molar-refractivity contribution in [3.05, 3.63) is 69.2 Å². The van der Waals surface area contributed by atoms with Gasteiger partial charge in [0.2, 0.25) is 0 Å². The van der Waals surface area contributed by atoms with Gasteiger partial charge >= 0.3 is 0 Å².